The lowest BCUT2D eigenvalue weighted by atomic mass is 10.1. The second-order valence-corrected chi connectivity index (χ2v) is 9.41. The highest BCUT2D eigenvalue weighted by atomic mass is 79.9. The van der Waals surface area contributed by atoms with Gasteiger partial charge in [-0.3, -0.25) is 4.79 Å². The van der Waals surface area contributed by atoms with Crippen molar-refractivity contribution in [2.45, 2.75) is 18.4 Å². The van der Waals surface area contributed by atoms with Crippen molar-refractivity contribution in [2.24, 2.45) is 0 Å². The van der Waals surface area contributed by atoms with Gasteiger partial charge in [-0.25, -0.2) is 12.7 Å². The molecule has 2 aromatic carbocycles. The summed E-state index contributed by atoms with van der Waals surface area (Å²) < 4.78 is 37.2. The first-order valence-electron chi connectivity index (χ1n) is 8.64. The number of ether oxygens (including phenoxy) is 2. The highest BCUT2D eigenvalue weighted by Crippen LogP contribution is 2.33. The second-order valence-electron chi connectivity index (χ2n) is 6.44. The lowest BCUT2D eigenvalue weighted by Gasteiger charge is -2.22. The van der Waals surface area contributed by atoms with Gasteiger partial charge >= 0.3 is 0 Å². The van der Waals surface area contributed by atoms with Gasteiger partial charge in [-0.05, 0) is 58.7 Å². The number of carbonyl (C=O) groups excluding carboxylic acids is 1. The van der Waals surface area contributed by atoms with Gasteiger partial charge in [0.1, 0.15) is 0 Å². The maximum atomic E-state index is 13.0. The van der Waals surface area contributed by atoms with Crippen LogP contribution in [0.25, 0.3) is 0 Å². The van der Waals surface area contributed by atoms with Crippen LogP contribution in [0, 0.1) is 0 Å². The van der Waals surface area contributed by atoms with Gasteiger partial charge in [-0.2, -0.15) is 0 Å². The average Bonchev–Trinajstić information content (AvgIpc) is 3.13. The van der Waals surface area contributed by atoms with Gasteiger partial charge in [0.25, 0.3) is 5.91 Å². The highest BCUT2D eigenvalue weighted by Gasteiger charge is 2.24. The van der Waals surface area contributed by atoms with Gasteiger partial charge in [-0.15, -0.1) is 0 Å². The fourth-order valence-electron chi connectivity index (χ4n) is 2.80. The molecule has 0 radical (unpaired) electrons. The fourth-order valence-corrected chi connectivity index (χ4v) is 4.64. The first-order valence-corrected chi connectivity index (χ1v) is 10.9. The minimum absolute atomic E-state index is 0.0579. The maximum absolute atomic E-state index is 13.0. The Labute approximate surface area is 173 Å². The van der Waals surface area contributed by atoms with Gasteiger partial charge in [0.2, 0.25) is 16.8 Å². The molecule has 2 aromatic rings. The molecule has 0 unspecified atom stereocenters. The highest BCUT2D eigenvalue weighted by molar-refractivity contribution is 9.10. The van der Waals surface area contributed by atoms with Crippen molar-refractivity contribution in [3.05, 3.63) is 52.0 Å². The quantitative estimate of drug-likeness (QED) is 0.650. The molecule has 0 N–H and O–H groups in total. The minimum atomic E-state index is -3.68. The molecule has 3 rings (SSSR count). The van der Waals surface area contributed by atoms with Gasteiger partial charge in [0.15, 0.2) is 11.5 Å². The van der Waals surface area contributed by atoms with Crippen LogP contribution in [0.15, 0.2) is 45.8 Å². The smallest absolute Gasteiger partial charge is 0.254 e. The van der Waals surface area contributed by atoms with E-state index in [1.165, 1.54) is 20.2 Å². The largest absolute Gasteiger partial charge is 0.454 e. The molecule has 1 amide bonds. The molecule has 0 saturated carbocycles. The Morgan fingerprint density at radius 2 is 1.82 bits per heavy atom. The summed E-state index contributed by atoms with van der Waals surface area (Å²) in [5, 5.41) is 0. The van der Waals surface area contributed by atoms with Crippen LogP contribution in [0.1, 0.15) is 22.8 Å². The van der Waals surface area contributed by atoms with E-state index in [1.807, 2.05) is 25.1 Å². The van der Waals surface area contributed by atoms with E-state index in [-0.39, 0.29) is 17.6 Å². The molecule has 1 aliphatic rings. The lowest BCUT2D eigenvalue weighted by molar-refractivity contribution is 0.0752. The van der Waals surface area contributed by atoms with Crippen LogP contribution in [0.2, 0.25) is 0 Å². The van der Waals surface area contributed by atoms with E-state index in [2.05, 4.69) is 15.9 Å². The van der Waals surface area contributed by atoms with Gasteiger partial charge < -0.3 is 14.4 Å². The number of fused-ring (bicyclic) bond motifs is 1. The summed E-state index contributed by atoms with van der Waals surface area (Å²) >= 11 is 3.26. The van der Waals surface area contributed by atoms with Crippen LogP contribution in [-0.2, 0) is 16.6 Å². The Morgan fingerprint density at radius 1 is 1.11 bits per heavy atom. The first kappa shape index (κ1) is 20.6. The number of amides is 1. The predicted molar refractivity (Wildman–Crippen MR) is 108 cm³/mol. The molecule has 28 heavy (non-hydrogen) atoms. The first-order chi connectivity index (χ1) is 13.2. The number of hydrogen-bond acceptors (Lipinski definition) is 5. The van der Waals surface area contributed by atoms with Gasteiger partial charge in [-0.1, -0.05) is 6.07 Å². The summed E-state index contributed by atoms with van der Waals surface area (Å²) in [6.07, 6.45) is 0. The summed E-state index contributed by atoms with van der Waals surface area (Å²) in [6.45, 7) is 2.91. The topological polar surface area (TPSA) is 76.1 Å². The Balaban J connectivity index is 1.87. The second kappa shape index (κ2) is 8.10. The zero-order chi connectivity index (χ0) is 20.5. The van der Waals surface area contributed by atoms with E-state index in [0.717, 1.165) is 9.87 Å². The molecule has 0 bridgehead atoms. The molecule has 0 spiro atoms. The van der Waals surface area contributed by atoms with Crippen LogP contribution < -0.4 is 9.47 Å². The normalized spacial score (nSPS) is 13.0. The molecule has 0 atom stereocenters. The Kier molecular flexibility index (Phi) is 5.97. The molecule has 0 fully saturated rings. The van der Waals surface area contributed by atoms with E-state index >= 15 is 0 Å². The average molecular weight is 469 g/mol. The van der Waals surface area contributed by atoms with Crippen molar-refractivity contribution in [1.82, 2.24) is 9.21 Å². The van der Waals surface area contributed by atoms with Crippen LogP contribution >= 0.6 is 15.9 Å². The maximum Gasteiger partial charge on any atom is 0.254 e. The number of rotatable bonds is 6. The number of carbonyl (C=O) groups is 1. The molecular formula is C19H21BrN2O5S. The Hall–Kier alpha value is -2.10. The van der Waals surface area contributed by atoms with Crippen LogP contribution in [0.4, 0.5) is 0 Å². The van der Waals surface area contributed by atoms with Gasteiger partial charge in [0, 0.05) is 37.2 Å². The molecule has 1 aliphatic heterocycles. The minimum Gasteiger partial charge on any atom is -0.454 e. The SMILES string of the molecule is CCN(Cc1ccc2c(c1)OCO2)C(=O)c1ccc(Br)c(S(=O)(=O)N(C)C)c1. The molecule has 0 aliphatic carbocycles. The van der Waals surface area contributed by atoms with Crippen molar-refractivity contribution < 1.29 is 22.7 Å². The van der Waals surface area contributed by atoms with Crippen molar-refractivity contribution in [3.63, 3.8) is 0 Å². The number of benzene rings is 2. The number of sulfonamides is 1. The zero-order valence-electron chi connectivity index (χ0n) is 15.8. The van der Waals surface area contributed by atoms with Gasteiger partial charge in [0.05, 0.1) is 4.90 Å². The number of nitrogens with zero attached hydrogens (tertiary/aromatic N) is 2. The monoisotopic (exact) mass is 468 g/mol. The van der Waals surface area contributed by atoms with E-state index in [1.54, 1.807) is 17.0 Å². The molecule has 1 heterocycles. The van der Waals surface area contributed by atoms with Crippen LogP contribution in [0.5, 0.6) is 11.5 Å². The molecule has 0 aromatic heterocycles. The summed E-state index contributed by atoms with van der Waals surface area (Å²) in [4.78, 5) is 14.7. The van der Waals surface area contributed by atoms with Crippen LogP contribution in [-0.4, -0.2) is 51.0 Å². The van der Waals surface area contributed by atoms with Crippen molar-refractivity contribution >= 4 is 31.9 Å². The number of hydrogen-bond donors (Lipinski definition) is 0. The van der Waals surface area contributed by atoms with E-state index < -0.39 is 10.0 Å². The third kappa shape index (κ3) is 4.01. The van der Waals surface area contributed by atoms with E-state index in [4.69, 9.17) is 9.47 Å². The Morgan fingerprint density at radius 3 is 2.50 bits per heavy atom. The molecule has 0 saturated heterocycles. The third-order valence-corrected chi connectivity index (χ3v) is 7.23. The number of halogens is 1. The van der Waals surface area contributed by atoms with E-state index in [0.29, 0.717) is 34.6 Å². The summed E-state index contributed by atoms with van der Waals surface area (Å²) in [5.74, 6) is 1.09. The molecule has 150 valence electrons. The summed E-state index contributed by atoms with van der Waals surface area (Å²) in [7, 11) is -0.771. The van der Waals surface area contributed by atoms with Crippen molar-refractivity contribution in [1.29, 1.82) is 0 Å². The van der Waals surface area contributed by atoms with Crippen molar-refractivity contribution in [3.8, 4) is 11.5 Å². The summed E-state index contributed by atoms with van der Waals surface area (Å²) in [5.41, 5.74) is 1.21. The molecular weight excluding hydrogens is 448 g/mol. The Bertz CT molecular complexity index is 1010. The molecule has 9 heteroatoms. The van der Waals surface area contributed by atoms with E-state index in [9.17, 15) is 13.2 Å². The predicted octanol–water partition coefficient (Wildman–Crippen LogP) is 3.09. The standard InChI is InChI=1S/C19H21BrN2O5S/c1-4-22(11-13-5-8-16-17(9-13)27-12-26-16)19(23)14-6-7-15(20)18(10-14)28(24,25)21(2)3/h5-10H,4,11-12H2,1-3H3. The molecule has 7 nitrogen and oxygen atoms in total. The van der Waals surface area contributed by atoms with Crippen molar-refractivity contribution in [2.75, 3.05) is 27.4 Å². The fraction of sp³-hybridized carbons (Fsp3) is 0.316. The lowest BCUT2D eigenvalue weighted by Crippen LogP contribution is -2.30. The summed E-state index contributed by atoms with van der Waals surface area (Å²) in [6, 6.07) is 10.2. The third-order valence-electron chi connectivity index (χ3n) is 4.42. The van der Waals surface area contributed by atoms with Crippen LogP contribution in [0.3, 0.4) is 0 Å². The zero-order valence-corrected chi connectivity index (χ0v) is 18.2.